The lowest BCUT2D eigenvalue weighted by molar-refractivity contribution is 0.0688. The minimum Gasteiger partial charge on any atom is -0.337 e. The quantitative estimate of drug-likeness (QED) is 0.654. The number of hydrogen-bond acceptors (Lipinski definition) is 2. The van der Waals surface area contributed by atoms with Crippen molar-refractivity contribution in [1.29, 1.82) is 0 Å². The summed E-state index contributed by atoms with van der Waals surface area (Å²) in [5, 5.41) is 4.60. The number of likely N-dealkylation sites (tertiary alicyclic amines) is 1. The van der Waals surface area contributed by atoms with Crippen LogP contribution in [-0.4, -0.2) is 33.7 Å². The number of carbonyl (C=O) groups excluding carboxylic acids is 1. The number of aromatic nitrogens is 2. The van der Waals surface area contributed by atoms with Crippen molar-refractivity contribution in [3.63, 3.8) is 0 Å². The Morgan fingerprint density at radius 1 is 1.07 bits per heavy atom. The second-order valence-electron chi connectivity index (χ2n) is 7.62. The van der Waals surface area contributed by atoms with Gasteiger partial charge in [-0.05, 0) is 56.0 Å². The van der Waals surface area contributed by atoms with Gasteiger partial charge in [0.2, 0.25) is 0 Å². The number of carbonyl (C=O) groups is 1. The molecule has 5 heteroatoms. The summed E-state index contributed by atoms with van der Waals surface area (Å²) in [6, 6.07) is 16.1. The van der Waals surface area contributed by atoms with Gasteiger partial charge in [0.1, 0.15) is 11.5 Å². The number of piperidine rings is 1. The summed E-state index contributed by atoms with van der Waals surface area (Å²) < 4.78 is 16.0. The zero-order valence-electron chi connectivity index (χ0n) is 16.2. The van der Waals surface area contributed by atoms with E-state index in [9.17, 15) is 9.18 Å². The second kappa shape index (κ2) is 7.58. The molecule has 4 rings (SSSR count). The Kier molecular flexibility index (Phi) is 4.99. The summed E-state index contributed by atoms with van der Waals surface area (Å²) >= 11 is 0. The number of amides is 1. The first kappa shape index (κ1) is 18.4. The van der Waals surface area contributed by atoms with Gasteiger partial charge in [0.05, 0.1) is 11.4 Å². The molecule has 4 nitrogen and oxygen atoms in total. The topological polar surface area (TPSA) is 38.1 Å². The second-order valence-corrected chi connectivity index (χ2v) is 7.62. The highest BCUT2D eigenvalue weighted by Gasteiger charge is 2.26. The summed E-state index contributed by atoms with van der Waals surface area (Å²) in [5.74, 6) is 0.240. The first-order valence-electron chi connectivity index (χ1n) is 9.74. The Morgan fingerprint density at radius 3 is 2.43 bits per heavy atom. The van der Waals surface area contributed by atoms with Crippen LogP contribution in [0.3, 0.4) is 0 Å². The molecule has 2 heterocycles. The van der Waals surface area contributed by atoms with Crippen LogP contribution >= 0.6 is 0 Å². The zero-order chi connectivity index (χ0) is 19.7. The lowest BCUT2D eigenvalue weighted by Crippen LogP contribution is -2.38. The first-order valence-corrected chi connectivity index (χ1v) is 9.74. The van der Waals surface area contributed by atoms with Gasteiger partial charge in [0, 0.05) is 18.7 Å². The molecule has 3 aromatic rings. The van der Waals surface area contributed by atoms with Gasteiger partial charge in [-0.1, -0.05) is 36.8 Å². The molecule has 0 aliphatic carbocycles. The lowest BCUT2D eigenvalue weighted by atomic mass is 9.99. The minimum absolute atomic E-state index is 0.0532. The van der Waals surface area contributed by atoms with Gasteiger partial charge in [0.15, 0.2) is 0 Å². The van der Waals surface area contributed by atoms with Crippen LogP contribution in [0.25, 0.3) is 16.9 Å². The van der Waals surface area contributed by atoms with E-state index in [0.29, 0.717) is 22.9 Å². The van der Waals surface area contributed by atoms with Gasteiger partial charge < -0.3 is 4.90 Å². The third kappa shape index (κ3) is 3.57. The van der Waals surface area contributed by atoms with Gasteiger partial charge in [0.25, 0.3) is 5.91 Å². The predicted octanol–water partition coefficient (Wildman–Crippen LogP) is 4.86. The van der Waals surface area contributed by atoms with Gasteiger partial charge >= 0.3 is 0 Å². The summed E-state index contributed by atoms with van der Waals surface area (Å²) in [5.41, 5.74) is 3.25. The third-order valence-electron chi connectivity index (χ3n) is 5.43. The van der Waals surface area contributed by atoms with E-state index in [1.165, 1.54) is 6.07 Å². The molecule has 0 spiro atoms. The molecule has 1 aliphatic rings. The Hall–Kier alpha value is -2.95. The SMILES string of the molecule is Cc1ccc(-n2nc(-c3ccccc3F)cc2C(=O)N2CCC(C)CC2)cc1. The van der Waals surface area contributed by atoms with E-state index in [-0.39, 0.29) is 11.7 Å². The smallest absolute Gasteiger partial charge is 0.272 e. The van der Waals surface area contributed by atoms with Crippen LogP contribution in [0.5, 0.6) is 0 Å². The van der Waals surface area contributed by atoms with E-state index >= 15 is 0 Å². The van der Waals surface area contributed by atoms with Gasteiger partial charge in [-0.3, -0.25) is 4.79 Å². The summed E-state index contributed by atoms with van der Waals surface area (Å²) in [7, 11) is 0. The number of aryl methyl sites for hydroxylation is 1. The number of nitrogens with zero attached hydrogens (tertiary/aromatic N) is 3. The fourth-order valence-electron chi connectivity index (χ4n) is 3.59. The van der Waals surface area contributed by atoms with Crippen molar-refractivity contribution in [3.8, 4) is 16.9 Å². The third-order valence-corrected chi connectivity index (χ3v) is 5.43. The lowest BCUT2D eigenvalue weighted by Gasteiger charge is -2.30. The maximum Gasteiger partial charge on any atom is 0.272 e. The highest BCUT2D eigenvalue weighted by Crippen LogP contribution is 2.26. The first-order chi connectivity index (χ1) is 13.5. The number of hydrogen-bond donors (Lipinski definition) is 0. The fourth-order valence-corrected chi connectivity index (χ4v) is 3.59. The van der Waals surface area contributed by atoms with Crippen LogP contribution in [0.15, 0.2) is 54.6 Å². The minimum atomic E-state index is -0.346. The fraction of sp³-hybridized carbons (Fsp3) is 0.304. The Bertz CT molecular complexity index is 985. The van der Waals surface area contributed by atoms with E-state index in [1.54, 1.807) is 28.9 Å². The van der Waals surface area contributed by atoms with Crippen LogP contribution in [0, 0.1) is 18.7 Å². The molecule has 0 bridgehead atoms. The molecule has 28 heavy (non-hydrogen) atoms. The van der Waals surface area contributed by atoms with E-state index in [4.69, 9.17) is 0 Å². The molecular formula is C23H24FN3O. The van der Waals surface area contributed by atoms with E-state index in [0.717, 1.165) is 37.2 Å². The van der Waals surface area contributed by atoms with Crippen molar-refractivity contribution in [2.75, 3.05) is 13.1 Å². The number of rotatable bonds is 3. The molecule has 0 unspecified atom stereocenters. The molecule has 0 saturated carbocycles. The standard InChI is InChI=1S/C23H24FN3O/c1-16-7-9-18(10-8-16)27-22(23(28)26-13-11-17(2)12-14-26)15-21(25-27)19-5-3-4-6-20(19)24/h3-10,15,17H,11-14H2,1-2H3. The molecule has 1 aliphatic heterocycles. The Balaban J connectivity index is 1.78. The predicted molar refractivity (Wildman–Crippen MR) is 108 cm³/mol. The highest BCUT2D eigenvalue weighted by atomic mass is 19.1. The van der Waals surface area contributed by atoms with E-state index < -0.39 is 0 Å². The Labute approximate surface area is 164 Å². The van der Waals surface area contributed by atoms with Crippen LogP contribution in [0.4, 0.5) is 4.39 Å². The van der Waals surface area contributed by atoms with Crippen molar-refractivity contribution >= 4 is 5.91 Å². The van der Waals surface area contributed by atoms with Crippen molar-refractivity contribution in [2.45, 2.75) is 26.7 Å². The summed E-state index contributed by atoms with van der Waals surface area (Å²) in [6.45, 7) is 5.72. The summed E-state index contributed by atoms with van der Waals surface area (Å²) in [4.78, 5) is 15.2. The van der Waals surface area contributed by atoms with Crippen LogP contribution in [0.1, 0.15) is 35.8 Å². The van der Waals surface area contributed by atoms with Crippen molar-refractivity contribution in [2.24, 2.45) is 5.92 Å². The van der Waals surface area contributed by atoms with Gasteiger partial charge in [-0.2, -0.15) is 5.10 Å². The monoisotopic (exact) mass is 377 g/mol. The molecule has 1 saturated heterocycles. The van der Waals surface area contributed by atoms with Crippen LogP contribution < -0.4 is 0 Å². The molecule has 0 atom stereocenters. The largest absolute Gasteiger partial charge is 0.337 e. The molecule has 0 radical (unpaired) electrons. The van der Waals surface area contributed by atoms with E-state index in [1.807, 2.05) is 36.1 Å². The Morgan fingerprint density at radius 2 is 1.75 bits per heavy atom. The normalized spacial score (nSPS) is 15.0. The van der Waals surface area contributed by atoms with Gasteiger partial charge in [-0.25, -0.2) is 9.07 Å². The summed E-state index contributed by atoms with van der Waals surface area (Å²) in [6.07, 6.45) is 2.01. The average Bonchev–Trinajstić information content (AvgIpc) is 3.14. The van der Waals surface area contributed by atoms with Crippen LogP contribution in [-0.2, 0) is 0 Å². The number of benzene rings is 2. The molecular weight excluding hydrogens is 353 g/mol. The maximum absolute atomic E-state index is 14.3. The molecule has 2 aromatic carbocycles. The number of halogens is 1. The molecule has 1 aromatic heterocycles. The van der Waals surface area contributed by atoms with Gasteiger partial charge in [-0.15, -0.1) is 0 Å². The highest BCUT2D eigenvalue weighted by molar-refractivity contribution is 5.94. The molecule has 0 N–H and O–H groups in total. The van der Waals surface area contributed by atoms with Crippen molar-refractivity contribution in [3.05, 3.63) is 71.7 Å². The molecule has 144 valence electrons. The molecule has 1 amide bonds. The van der Waals surface area contributed by atoms with E-state index in [2.05, 4.69) is 12.0 Å². The van der Waals surface area contributed by atoms with Crippen LogP contribution in [0.2, 0.25) is 0 Å². The average molecular weight is 377 g/mol. The maximum atomic E-state index is 14.3. The van der Waals surface area contributed by atoms with Crippen molar-refractivity contribution in [1.82, 2.24) is 14.7 Å². The van der Waals surface area contributed by atoms with Crippen molar-refractivity contribution < 1.29 is 9.18 Å². The molecule has 1 fully saturated rings. The zero-order valence-corrected chi connectivity index (χ0v) is 16.2.